The molecule has 1 aliphatic carbocycles. The lowest BCUT2D eigenvalue weighted by Gasteiger charge is -2.08. The first kappa shape index (κ1) is 17.1. The van der Waals surface area contributed by atoms with E-state index < -0.39 is 17.1 Å². The fourth-order valence-electron chi connectivity index (χ4n) is 3.75. The number of nitriles is 1. The summed E-state index contributed by atoms with van der Waals surface area (Å²) in [6, 6.07) is 8.45. The van der Waals surface area contributed by atoms with E-state index in [9.17, 15) is 14.0 Å². The van der Waals surface area contributed by atoms with E-state index in [2.05, 4.69) is 20.1 Å². The average molecular weight is 388 g/mol. The van der Waals surface area contributed by atoms with Gasteiger partial charge >= 0.3 is 5.69 Å². The standard InChI is InChI=1S/C20H13FN6O2/c21-17-10(8-22)2-1-3-11(17)12-6-13(12)14-7-16(26-27-5-4-23-18(14)27)15-9-24-20(29)25-19(15)28/h1-5,7,9,12-13H,6H2,(H2,24,25,28,29)/t12-,13+/m1/s1. The second-order valence-electron chi connectivity index (χ2n) is 6.94. The van der Waals surface area contributed by atoms with Gasteiger partial charge in [-0.15, -0.1) is 0 Å². The number of halogens is 1. The smallest absolute Gasteiger partial charge is 0.313 e. The SMILES string of the molecule is N#Cc1cccc([C@H]2C[C@@H]2c2cc(-c3c[nH]c(=O)[nH]c3=O)nn3ccnc23)c1F. The number of nitrogens with zero attached hydrogens (tertiary/aromatic N) is 4. The van der Waals surface area contributed by atoms with Gasteiger partial charge in [-0.2, -0.15) is 10.4 Å². The highest BCUT2D eigenvalue weighted by atomic mass is 19.1. The van der Waals surface area contributed by atoms with Crippen LogP contribution in [0.1, 0.15) is 34.9 Å². The summed E-state index contributed by atoms with van der Waals surface area (Å²) in [5.41, 5.74) is 1.42. The number of H-pyrrole nitrogens is 2. The average Bonchev–Trinajstić information content (AvgIpc) is 3.35. The molecule has 2 N–H and O–H groups in total. The molecular weight excluding hydrogens is 375 g/mol. The summed E-state index contributed by atoms with van der Waals surface area (Å²) in [5, 5.41) is 13.5. The van der Waals surface area contributed by atoms with Gasteiger partial charge in [0.25, 0.3) is 5.56 Å². The van der Waals surface area contributed by atoms with Gasteiger partial charge in [-0.05, 0) is 36.0 Å². The molecule has 1 aliphatic rings. The van der Waals surface area contributed by atoms with E-state index in [1.807, 2.05) is 6.07 Å². The number of rotatable bonds is 3. The maximum atomic E-state index is 14.6. The number of hydrogen-bond donors (Lipinski definition) is 2. The molecule has 1 aromatic carbocycles. The molecule has 0 radical (unpaired) electrons. The van der Waals surface area contributed by atoms with Crippen molar-refractivity contribution in [2.45, 2.75) is 18.3 Å². The van der Waals surface area contributed by atoms with Crippen LogP contribution in [0.2, 0.25) is 0 Å². The maximum absolute atomic E-state index is 14.6. The first-order valence-corrected chi connectivity index (χ1v) is 8.92. The molecule has 0 spiro atoms. The molecule has 0 unspecified atom stereocenters. The lowest BCUT2D eigenvalue weighted by atomic mass is 10.0. The van der Waals surface area contributed by atoms with E-state index in [1.54, 1.807) is 35.1 Å². The summed E-state index contributed by atoms with van der Waals surface area (Å²) in [6.45, 7) is 0. The molecule has 0 saturated heterocycles. The van der Waals surface area contributed by atoms with Crippen molar-refractivity contribution in [1.29, 1.82) is 5.26 Å². The van der Waals surface area contributed by atoms with Crippen LogP contribution in [0.5, 0.6) is 0 Å². The second kappa shape index (κ2) is 6.24. The van der Waals surface area contributed by atoms with Crippen molar-refractivity contribution in [3.8, 4) is 17.3 Å². The Kier molecular flexibility index (Phi) is 3.67. The van der Waals surface area contributed by atoms with Crippen LogP contribution in [0.3, 0.4) is 0 Å². The van der Waals surface area contributed by atoms with Gasteiger partial charge in [0, 0.05) is 24.2 Å². The van der Waals surface area contributed by atoms with Gasteiger partial charge in [0.05, 0.1) is 16.8 Å². The van der Waals surface area contributed by atoms with Crippen molar-refractivity contribution < 1.29 is 4.39 Å². The second-order valence-corrected chi connectivity index (χ2v) is 6.94. The molecule has 3 heterocycles. The Morgan fingerprint density at radius 2 is 2.07 bits per heavy atom. The number of aromatic nitrogens is 5. The summed E-state index contributed by atoms with van der Waals surface area (Å²) in [6.07, 6.45) is 5.27. The van der Waals surface area contributed by atoms with Crippen LogP contribution in [-0.2, 0) is 0 Å². The lowest BCUT2D eigenvalue weighted by molar-refractivity contribution is 0.606. The van der Waals surface area contributed by atoms with Crippen LogP contribution < -0.4 is 11.2 Å². The summed E-state index contributed by atoms with van der Waals surface area (Å²) in [5.74, 6) is -0.604. The summed E-state index contributed by atoms with van der Waals surface area (Å²) in [4.78, 5) is 32.5. The molecule has 1 fully saturated rings. The minimum atomic E-state index is -0.599. The molecule has 1 saturated carbocycles. The fraction of sp³-hybridized carbons (Fsp3) is 0.150. The van der Waals surface area contributed by atoms with Gasteiger partial charge in [0.1, 0.15) is 11.9 Å². The van der Waals surface area contributed by atoms with E-state index in [1.165, 1.54) is 12.3 Å². The first-order valence-electron chi connectivity index (χ1n) is 8.92. The Balaban J connectivity index is 1.62. The number of hydrogen-bond acceptors (Lipinski definition) is 5. The number of nitrogens with one attached hydrogen (secondary N) is 2. The van der Waals surface area contributed by atoms with Crippen LogP contribution in [0.25, 0.3) is 16.9 Å². The van der Waals surface area contributed by atoms with Crippen LogP contribution >= 0.6 is 0 Å². The maximum Gasteiger partial charge on any atom is 0.325 e. The third-order valence-electron chi connectivity index (χ3n) is 5.22. The van der Waals surface area contributed by atoms with Crippen molar-refractivity contribution in [2.75, 3.05) is 0 Å². The largest absolute Gasteiger partial charge is 0.325 e. The van der Waals surface area contributed by atoms with Gasteiger partial charge in [0.15, 0.2) is 5.65 Å². The van der Waals surface area contributed by atoms with Crippen LogP contribution in [-0.4, -0.2) is 24.6 Å². The highest BCUT2D eigenvalue weighted by molar-refractivity contribution is 5.63. The lowest BCUT2D eigenvalue weighted by Crippen LogP contribution is -2.23. The van der Waals surface area contributed by atoms with Gasteiger partial charge in [-0.3, -0.25) is 9.78 Å². The fourth-order valence-corrected chi connectivity index (χ4v) is 3.75. The highest BCUT2D eigenvalue weighted by Crippen LogP contribution is 2.56. The summed E-state index contributed by atoms with van der Waals surface area (Å²) < 4.78 is 16.2. The van der Waals surface area contributed by atoms with Gasteiger partial charge < -0.3 is 4.98 Å². The number of imidazole rings is 1. The van der Waals surface area contributed by atoms with E-state index in [-0.39, 0.29) is 23.0 Å². The zero-order valence-electron chi connectivity index (χ0n) is 14.9. The quantitative estimate of drug-likeness (QED) is 0.557. The third kappa shape index (κ3) is 2.73. The minimum Gasteiger partial charge on any atom is -0.313 e. The predicted molar refractivity (Wildman–Crippen MR) is 101 cm³/mol. The van der Waals surface area contributed by atoms with Crippen molar-refractivity contribution in [3.05, 3.63) is 86.2 Å². The van der Waals surface area contributed by atoms with E-state index in [4.69, 9.17) is 5.26 Å². The molecule has 3 aromatic heterocycles. The minimum absolute atomic E-state index is 0.0214. The molecule has 0 bridgehead atoms. The Morgan fingerprint density at radius 1 is 1.24 bits per heavy atom. The Morgan fingerprint density at radius 3 is 2.86 bits per heavy atom. The number of aromatic amines is 2. The molecule has 0 amide bonds. The number of benzene rings is 1. The highest BCUT2D eigenvalue weighted by Gasteiger charge is 2.43. The number of fused-ring (bicyclic) bond motifs is 1. The topological polar surface area (TPSA) is 120 Å². The van der Waals surface area contributed by atoms with Gasteiger partial charge in [-0.1, -0.05) is 12.1 Å². The zero-order valence-corrected chi connectivity index (χ0v) is 14.9. The molecule has 4 aromatic rings. The van der Waals surface area contributed by atoms with Crippen LogP contribution in [0, 0.1) is 17.1 Å². The van der Waals surface area contributed by atoms with Crippen molar-refractivity contribution in [1.82, 2.24) is 24.6 Å². The Labute approximate surface area is 162 Å². The normalized spacial score (nSPS) is 17.9. The Bertz CT molecular complexity index is 1430. The molecule has 29 heavy (non-hydrogen) atoms. The molecule has 9 heteroatoms. The molecule has 8 nitrogen and oxygen atoms in total. The van der Waals surface area contributed by atoms with Crippen LogP contribution in [0.15, 0.2) is 52.4 Å². The molecule has 0 aliphatic heterocycles. The first-order chi connectivity index (χ1) is 14.1. The Hall–Kier alpha value is -4.06. The van der Waals surface area contributed by atoms with E-state index in [0.717, 1.165) is 5.56 Å². The third-order valence-corrected chi connectivity index (χ3v) is 5.22. The van der Waals surface area contributed by atoms with E-state index in [0.29, 0.717) is 23.3 Å². The van der Waals surface area contributed by atoms with Crippen molar-refractivity contribution in [2.24, 2.45) is 0 Å². The summed E-state index contributed by atoms with van der Waals surface area (Å²) in [7, 11) is 0. The molecule has 2 atom stereocenters. The van der Waals surface area contributed by atoms with Crippen molar-refractivity contribution in [3.63, 3.8) is 0 Å². The van der Waals surface area contributed by atoms with Crippen molar-refractivity contribution >= 4 is 5.65 Å². The monoisotopic (exact) mass is 388 g/mol. The summed E-state index contributed by atoms with van der Waals surface area (Å²) >= 11 is 0. The van der Waals surface area contributed by atoms with Gasteiger partial charge in [-0.25, -0.2) is 18.7 Å². The predicted octanol–water partition coefficient (Wildman–Crippen LogP) is 2.05. The van der Waals surface area contributed by atoms with Gasteiger partial charge in [0.2, 0.25) is 0 Å². The van der Waals surface area contributed by atoms with Crippen LogP contribution in [0.4, 0.5) is 4.39 Å². The zero-order chi connectivity index (χ0) is 20.1. The van der Waals surface area contributed by atoms with E-state index >= 15 is 0 Å². The molecular formula is C20H13FN6O2. The molecule has 142 valence electrons. The molecule has 5 rings (SSSR count).